The lowest BCUT2D eigenvalue weighted by Gasteiger charge is -2.31. The van der Waals surface area contributed by atoms with Crippen molar-refractivity contribution in [2.45, 2.75) is 38.6 Å². The van der Waals surface area contributed by atoms with Crippen LogP contribution in [0.2, 0.25) is 0 Å². The average molecular weight is 219 g/mol. The Morgan fingerprint density at radius 2 is 2.19 bits per heavy atom. The Kier molecular flexibility index (Phi) is 3.78. The van der Waals surface area contributed by atoms with Gasteiger partial charge in [-0.2, -0.15) is 0 Å². The first-order valence-electron chi connectivity index (χ1n) is 6.20. The van der Waals surface area contributed by atoms with Gasteiger partial charge in [0.25, 0.3) is 0 Å². The Balaban J connectivity index is 2.21. The van der Waals surface area contributed by atoms with E-state index in [-0.39, 0.29) is 0 Å². The molecule has 1 saturated carbocycles. The molecule has 2 N–H and O–H groups in total. The third-order valence-corrected chi connectivity index (χ3v) is 3.44. The van der Waals surface area contributed by atoms with Crippen LogP contribution < -0.4 is 10.6 Å². The van der Waals surface area contributed by atoms with Crippen molar-refractivity contribution < 1.29 is 0 Å². The van der Waals surface area contributed by atoms with Crippen molar-refractivity contribution in [3.05, 3.63) is 24.0 Å². The number of aryl methyl sites for hydroxylation is 1. The van der Waals surface area contributed by atoms with Crippen molar-refractivity contribution in [1.82, 2.24) is 4.98 Å². The van der Waals surface area contributed by atoms with Gasteiger partial charge in [0.05, 0.1) is 0 Å². The Morgan fingerprint density at radius 1 is 1.44 bits per heavy atom. The molecule has 16 heavy (non-hydrogen) atoms. The monoisotopic (exact) mass is 219 g/mol. The van der Waals surface area contributed by atoms with Crippen LogP contribution in [0.4, 0.5) is 5.69 Å². The standard InChI is InChI=1S/C13H21N3/c1-11-10-15-8-6-13(11)16(9-7-14)12-4-2-3-5-12/h6,8,10,12H,2-5,7,9,14H2,1H3. The lowest BCUT2D eigenvalue weighted by Crippen LogP contribution is -2.37. The highest BCUT2D eigenvalue weighted by Crippen LogP contribution is 2.29. The van der Waals surface area contributed by atoms with E-state index in [1.54, 1.807) is 0 Å². The molecule has 1 aliphatic rings. The molecule has 3 nitrogen and oxygen atoms in total. The summed E-state index contributed by atoms with van der Waals surface area (Å²) >= 11 is 0. The Hall–Kier alpha value is -1.09. The van der Waals surface area contributed by atoms with Gasteiger partial charge in [-0.25, -0.2) is 0 Å². The van der Waals surface area contributed by atoms with Gasteiger partial charge >= 0.3 is 0 Å². The molecule has 0 radical (unpaired) electrons. The third kappa shape index (κ3) is 2.35. The van der Waals surface area contributed by atoms with Crippen LogP contribution in [0.25, 0.3) is 0 Å². The van der Waals surface area contributed by atoms with Crippen LogP contribution in [0.1, 0.15) is 31.2 Å². The predicted octanol–water partition coefficient (Wildman–Crippen LogP) is 2.10. The van der Waals surface area contributed by atoms with Crippen LogP contribution in [-0.2, 0) is 0 Å². The van der Waals surface area contributed by atoms with Gasteiger partial charge in [-0.3, -0.25) is 4.98 Å². The highest BCUT2D eigenvalue weighted by Gasteiger charge is 2.23. The smallest absolute Gasteiger partial charge is 0.0429 e. The van der Waals surface area contributed by atoms with Gasteiger partial charge in [0.15, 0.2) is 0 Å². The lowest BCUT2D eigenvalue weighted by molar-refractivity contribution is 0.607. The van der Waals surface area contributed by atoms with Crippen LogP contribution in [-0.4, -0.2) is 24.1 Å². The summed E-state index contributed by atoms with van der Waals surface area (Å²) in [6.07, 6.45) is 9.14. The normalized spacial score (nSPS) is 16.6. The molecule has 0 spiro atoms. The zero-order chi connectivity index (χ0) is 11.4. The van der Waals surface area contributed by atoms with Gasteiger partial charge < -0.3 is 10.6 Å². The van der Waals surface area contributed by atoms with Crippen molar-refractivity contribution >= 4 is 5.69 Å². The molecule has 1 aromatic heterocycles. The quantitative estimate of drug-likeness (QED) is 0.843. The maximum atomic E-state index is 5.73. The summed E-state index contributed by atoms with van der Waals surface area (Å²) in [5, 5.41) is 0. The van der Waals surface area contributed by atoms with Crippen LogP contribution in [0, 0.1) is 6.92 Å². The predicted molar refractivity (Wildman–Crippen MR) is 67.6 cm³/mol. The lowest BCUT2D eigenvalue weighted by atomic mass is 10.1. The molecule has 3 heteroatoms. The number of nitrogens with two attached hydrogens (primary N) is 1. The van der Waals surface area contributed by atoms with E-state index in [0.717, 1.165) is 13.1 Å². The molecule has 1 aliphatic carbocycles. The van der Waals surface area contributed by atoms with Gasteiger partial charge in [0.1, 0.15) is 0 Å². The molecule has 0 saturated heterocycles. The molecular formula is C13H21N3. The van der Waals surface area contributed by atoms with E-state index in [1.165, 1.54) is 36.9 Å². The van der Waals surface area contributed by atoms with Gasteiger partial charge in [-0.05, 0) is 31.4 Å². The minimum atomic E-state index is 0.685. The van der Waals surface area contributed by atoms with Crippen LogP contribution in [0.15, 0.2) is 18.5 Å². The number of rotatable bonds is 4. The van der Waals surface area contributed by atoms with E-state index in [4.69, 9.17) is 5.73 Å². The highest BCUT2D eigenvalue weighted by molar-refractivity contribution is 5.52. The molecule has 1 heterocycles. The topological polar surface area (TPSA) is 42.2 Å². The molecule has 2 rings (SSSR count). The summed E-state index contributed by atoms with van der Waals surface area (Å²) < 4.78 is 0. The second kappa shape index (κ2) is 5.30. The summed E-state index contributed by atoms with van der Waals surface area (Å²) in [4.78, 5) is 6.63. The molecule has 1 aromatic rings. The zero-order valence-corrected chi connectivity index (χ0v) is 10.0. The van der Waals surface area contributed by atoms with Gasteiger partial charge in [0, 0.05) is 37.2 Å². The largest absolute Gasteiger partial charge is 0.367 e. The number of anilines is 1. The average Bonchev–Trinajstić information content (AvgIpc) is 2.80. The van der Waals surface area contributed by atoms with Gasteiger partial charge in [0.2, 0.25) is 0 Å². The summed E-state index contributed by atoms with van der Waals surface area (Å²) in [5.41, 5.74) is 8.29. The summed E-state index contributed by atoms with van der Waals surface area (Å²) in [7, 11) is 0. The number of nitrogens with zero attached hydrogens (tertiary/aromatic N) is 2. The van der Waals surface area contributed by atoms with E-state index in [0.29, 0.717) is 6.04 Å². The Labute approximate surface area is 97.7 Å². The van der Waals surface area contributed by atoms with E-state index >= 15 is 0 Å². The summed E-state index contributed by atoms with van der Waals surface area (Å²) in [6.45, 7) is 3.80. The third-order valence-electron chi connectivity index (χ3n) is 3.44. The van der Waals surface area contributed by atoms with Crippen molar-refractivity contribution in [3.8, 4) is 0 Å². The minimum Gasteiger partial charge on any atom is -0.367 e. The molecule has 0 atom stereocenters. The fraction of sp³-hybridized carbons (Fsp3) is 0.615. The van der Waals surface area contributed by atoms with E-state index in [2.05, 4.69) is 22.9 Å². The van der Waals surface area contributed by atoms with Crippen LogP contribution in [0.5, 0.6) is 0 Å². The molecular weight excluding hydrogens is 198 g/mol. The van der Waals surface area contributed by atoms with E-state index in [1.807, 2.05) is 12.4 Å². The fourth-order valence-corrected chi connectivity index (χ4v) is 2.64. The second-order valence-electron chi connectivity index (χ2n) is 4.58. The Morgan fingerprint density at radius 3 is 2.81 bits per heavy atom. The molecule has 0 amide bonds. The first-order chi connectivity index (χ1) is 7.83. The van der Waals surface area contributed by atoms with Crippen molar-refractivity contribution in [2.24, 2.45) is 5.73 Å². The number of pyridine rings is 1. The highest BCUT2D eigenvalue weighted by atomic mass is 15.2. The number of aromatic nitrogens is 1. The van der Waals surface area contributed by atoms with E-state index < -0.39 is 0 Å². The SMILES string of the molecule is Cc1cnccc1N(CCN)C1CCCC1. The molecule has 88 valence electrons. The molecule has 0 unspecified atom stereocenters. The maximum Gasteiger partial charge on any atom is 0.0429 e. The minimum absolute atomic E-state index is 0.685. The second-order valence-corrected chi connectivity index (χ2v) is 4.58. The first-order valence-corrected chi connectivity index (χ1v) is 6.20. The van der Waals surface area contributed by atoms with Crippen LogP contribution >= 0.6 is 0 Å². The zero-order valence-electron chi connectivity index (χ0n) is 10.0. The number of hydrogen-bond donors (Lipinski definition) is 1. The molecule has 0 aromatic carbocycles. The summed E-state index contributed by atoms with van der Waals surface area (Å²) in [6, 6.07) is 2.80. The van der Waals surface area contributed by atoms with Crippen molar-refractivity contribution in [3.63, 3.8) is 0 Å². The van der Waals surface area contributed by atoms with Crippen LogP contribution in [0.3, 0.4) is 0 Å². The van der Waals surface area contributed by atoms with Gasteiger partial charge in [-0.15, -0.1) is 0 Å². The van der Waals surface area contributed by atoms with Crippen molar-refractivity contribution in [2.75, 3.05) is 18.0 Å². The molecule has 0 aliphatic heterocycles. The fourth-order valence-electron chi connectivity index (χ4n) is 2.64. The van der Waals surface area contributed by atoms with E-state index in [9.17, 15) is 0 Å². The number of hydrogen-bond acceptors (Lipinski definition) is 3. The van der Waals surface area contributed by atoms with Gasteiger partial charge in [-0.1, -0.05) is 12.8 Å². The summed E-state index contributed by atoms with van der Waals surface area (Å²) in [5.74, 6) is 0. The Bertz CT molecular complexity index is 332. The van der Waals surface area contributed by atoms with Crippen molar-refractivity contribution in [1.29, 1.82) is 0 Å². The maximum absolute atomic E-state index is 5.73. The molecule has 1 fully saturated rings. The first kappa shape index (κ1) is 11.4. The molecule has 0 bridgehead atoms.